The quantitative estimate of drug-likeness (QED) is 0.242. The second-order valence-electron chi connectivity index (χ2n) is 9.30. The molecule has 0 spiro atoms. The van der Waals surface area contributed by atoms with E-state index in [0.717, 1.165) is 14.8 Å². The summed E-state index contributed by atoms with van der Waals surface area (Å²) >= 11 is 1.50. The second kappa shape index (κ2) is 15.5. The minimum absolute atomic E-state index is 0.0551. The summed E-state index contributed by atoms with van der Waals surface area (Å²) < 4.78 is 39.9. The molecular formula is C31H39N3O6S2. The number of ether oxygens (including phenoxy) is 2. The molecule has 3 rings (SSSR count). The van der Waals surface area contributed by atoms with Crippen LogP contribution in [0.25, 0.3) is 0 Å². The van der Waals surface area contributed by atoms with Crippen molar-refractivity contribution in [3.05, 3.63) is 78.4 Å². The third-order valence-corrected chi connectivity index (χ3v) is 9.14. The lowest BCUT2D eigenvalue weighted by molar-refractivity contribution is -0.140. The van der Waals surface area contributed by atoms with Crippen LogP contribution in [-0.2, 0) is 26.2 Å². The molecule has 2 amide bonds. The summed E-state index contributed by atoms with van der Waals surface area (Å²) in [7, 11) is -2.59. The first kappa shape index (κ1) is 32.8. The number of sulfonamides is 1. The maximum Gasteiger partial charge on any atom is 0.264 e. The third kappa shape index (κ3) is 8.19. The summed E-state index contributed by atoms with van der Waals surface area (Å²) in [6.45, 7) is 5.95. The summed E-state index contributed by atoms with van der Waals surface area (Å²) in [6.07, 6.45) is 2.25. The molecule has 0 aromatic heterocycles. The molecule has 3 aromatic carbocycles. The minimum atomic E-state index is -4.16. The highest BCUT2D eigenvalue weighted by Gasteiger charge is 2.33. The average Bonchev–Trinajstić information content (AvgIpc) is 3.00. The van der Waals surface area contributed by atoms with Gasteiger partial charge in [0.05, 0.1) is 24.3 Å². The molecule has 0 bridgehead atoms. The van der Waals surface area contributed by atoms with Gasteiger partial charge in [0.1, 0.15) is 24.1 Å². The van der Waals surface area contributed by atoms with Gasteiger partial charge in [0.15, 0.2) is 0 Å². The van der Waals surface area contributed by atoms with Crippen LogP contribution < -0.4 is 19.1 Å². The fraction of sp³-hybridized carbons (Fsp3) is 0.355. The standard InChI is InChI=1S/C31H39N3O6S2/c1-6-29(31(36)32-7-2)33(21-23-9-13-25(39-4)14-10-23)30(35)22-34(24-11-15-26(16-12-24)40-8-3)42(37,38)28-19-17-27(41-5)18-20-28/h9-20,29H,6-8,21-22H2,1-5H3,(H,32,36). The molecule has 1 unspecified atom stereocenters. The highest BCUT2D eigenvalue weighted by molar-refractivity contribution is 7.98. The number of anilines is 1. The van der Waals surface area contributed by atoms with Gasteiger partial charge in [-0.2, -0.15) is 0 Å². The molecule has 0 aliphatic carbocycles. The minimum Gasteiger partial charge on any atom is -0.497 e. The first-order valence-corrected chi connectivity index (χ1v) is 16.4. The van der Waals surface area contributed by atoms with Gasteiger partial charge in [-0.05, 0) is 92.8 Å². The van der Waals surface area contributed by atoms with Crippen molar-refractivity contribution in [1.82, 2.24) is 10.2 Å². The highest BCUT2D eigenvalue weighted by atomic mass is 32.2. The molecule has 0 aliphatic rings. The molecule has 11 heteroatoms. The molecule has 0 fully saturated rings. The van der Waals surface area contributed by atoms with Crippen LogP contribution in [0, 0.1) is 0 Å². The topological polar surface area (TPSA) is 105 Å². The van der Waals surface area contributed by atoms with Crippen molar-refractivity contribution in [1.29, 1.82) is 0 Å². The number of carbonyl (C=O) groups is 2. The number of carbonyl (C=O) groups excluding carboxylic acids is 2. The fourth-order valence-electron chi connectivity index (χ4n) is 4.42. The van der Waals surface area contributed by atoms with Gasteiger partial charge in [0.2, 0.25) is 11.8 Å². The van der Waals surface area contributed by atoms with E-state index >= 15 is 0 Å². The van der Waals surface area contributed by atoms with E-state index in [4.69, 9.17) is 9.47 Å². The molecule has 3 aromatic rings. The Morgan fingerprint density at radius 3 is 2.05 bits per heavy atom. The fourth-order valence-corrected chi connectivity index (χ4v) is 6.24. The Labute approximate surface area is 253 Å². The Hall–Kier alpha value is -3.70. The first-order valence-electron chi connectivity index (χ1n) is 13.8. The van der Waals surface area contributed by atoms with E-state index in [-0.39, 0.29) is 17.3 Å². The number of rotatable bonds is 15. The van der Waals surface area contributed by atoms with E-state index in [1.807, 2.05) is 39.2 Å². The number of methoxy groups -OCH3 is 1. The molecule has 0 radical (unpaired) electrons. The zero-order valence-corrected chi connectivity index (χ0v) is 26.3. The predicted octanol–water partition coefficient (Wildman–Crippen LogP) is 4.95. The number of nitrogens with one attached hydrogen (secondary N) is 1. The summed E-state index contributed by atoms with van der Waals surface area (Å²) in [5.41, 5.74) is 1.08. The lowest BCUT2D eigenvalue weighted by atomic mass is 10.1. The van der Waals surface area contributed by atoms with Gasteiger partial charge in [-0.25, -0.2) is 8.42 Å². The number of hydrogen-bond donors (Lipinski definition) is 1. The Morgan fingerprint density at radius 2 is 1.52 bits per heavy atom. The van der Waals surface area contributed by atoms with Crippen molar-refractivity contribution >= 4 is 39.3 Å². The normalized spacial score (nSPS) is 11.8. The number of thioether (sulfide) groups is 1. The van der Waals surface area contributed by atoms with Crippen LogP contribution in [0.5, 0.6) is 11.5 Å². The number of likely N-dealkylation sites (N-methyl/N-ethyl adjacent to an activating group) is 1. The van der Waals surface area contributed by atoms with Crippen molar-refractivity contribution in [2.45, 2.75) is 49.6 Å². The van der Waals surface area contributed by atoms with Crippen molar-refractivity contribution in [2.24, 2.45) is 0 Å². The van der Waals surface area contributed by atoms with E-state index in [9.17, 15) is 18.0 Å². The van der Waals surface area contributed by atoms with Crippen LogP contribution in [0.15, 0.2) is 82.6 Å². The molecule has 42 heavy (non-hydrogen) atoms. The van der Waals surface area contributed by atoms with Crippen molar-refractivity contribution in [3.8, 4) is 11.5 Å². The van der Waals surface area contributed by atoms with Gasteiger partial charge in [-0.1, -0.05) is 19.1 Å². The third-order valence-electron chi connectivity index (χ3n) is 6.61. The summed E-state index contributed by atoms with van der Waals surface area (Å²) in [6, 6.07) is 19.5. The Kier molecular flexibility index (Phi) is 12.1. The van der Waals surface area contributed by atoms with Crippen LogP contribution >= 0.6 is 11.8 Å². The van der Waals surface area contributed by atoms with E-state index in [1.165, 1.54) is 28.8 Å². The van der Waals surface area contributed by atoms with Crippen molar-refractivity contribution in [3.63, 3.8) is 0 Å². The summed E-state index contributed by atoms with van der Waals surface area (Å²) in [5.74, 6) is 0.428. The van der Waals surface area contributed by atoms with Crippen LogP contribution in [0.2, 0.25) is 0 Å². The van der Waals surface area contributed by atoms with Gasteiger partial charge < -0.3 is 19.7 Å². The Balaban J connectivity index is 2.05. The number of nitrogens with zero attached hydrogens (tertiary/aromatic N) is 2. The molecular weight excluding hydrogens is 574 g/mol. The monoisotopic (exact) mass is 613 g/mol. The maximum absolute atomic E-state index is 14.1. The molecule has 1 atom stereocenters. The molecule has 0 heterocycles. The van der Waals surface area contributed by atoms with E-state index in [0.29, 0.717) is 36.8 Å². The molecule has 226 valence electrons. The van der Waals surface area contributed by atoms with Crippen LogP contribution in [0.1, 0.15) is 32.8 Å². The van der Waals surface area contributed by atoms with Gasteiger partial charge >= 0.3 is 0 Å². The molecule has 0 saturated carbocycles. The van der Waals surface area contributed by atoms with Crippen molar-refractivity contribution in [2.75, 3.05) is 37.4 Å². The van der Waals surface area contributed by atoms with Crippen molar-refractivity contribution < 1.29 is 27.5 Å². The Bertz CT molecular complexity index is 1410. The number of hydrogen-bond acceptors (Lipinski definition) is 7. The van der Waals surface area contributed by atoms with E-state index in [2.05, 4.69) is 5.32 Å². The largest absolute Gasteiger partial charge is 0.497 e. The lowest BCUT2D eigenvalue weighted by Crippen LogP contribution is -2.52. The molecule has 9 nitrogen and oxygen atoms in total. The van der Waals surface area contributed by atoms with Crippen LogP contribution in [-0.4, -0.2) is 64.2 Å². The zero-order valence-electron chi connectivity index (χ0n) is 24.7. The SMILES string of the molecule is CCNC(=O)C(CC)N(Cc1ccc(OC)cc1)C(=O)CN(c1ccc(OCC)cc1)S(=O)(=O)c1ccc(SC)cc1. The molecule has 0 saturated heterocycles. The smallest absolute Gasteiger partial charge is 0.264 e. The van der Waals surface area contributed by atoms with Gasteiger partial charge in [0.25, 0.3) is 10.0 Å². The lowest BCUT2D eigenvalue weighted by Gasteiger charge is -2.33. The van der Waals surface area contributed by atoms with E-state index < -0.39 is 28.5 Å². The van der Waals surface area contributed by atoms with Crippen LogP contribution in [0.3, 0.4) is 0 Å². The number of benzene rings is 3. The average molecular weight is 614 g/mol. The highest BCUT2D eigenvalue weighted by Crippen LogP contribution is 2.28. The van der Waals surface area contributed by atoms with E-state index in [1.54, 1.807) is 55.6 Å². The molecule has 0 aliphatic heterocycles. The van der Waals surface area contributed by atoms with Gasteiger partial charge in [0, 0.05) is 18.0 Å². The molecule has 1 N–H and O–H groups in total. The summed E-state index contributed by atoms with van der Waals surface area (Å²) in [4.78, 5) is 29.6. The Morgan fingerprint density at radius 1 is 0.905 bits per heavy atom. The number of amides is 2. The van der Waals surface area contributed by atoms with Gasteiger partial charge in [-0.15, -0.1) is 11.8 Å². The zero-order chi connectivity index (χ0) is 30.7. The van der Waals surface area contributed by atoms with Gasteiger partial charge in [-0.3, -0.25) is 13.9 Å². The van der Waals surface area contributed by atoms with Crippen LogP contribution in [0.4, 0.5) is 5.69 Å². The predicted molar refractivity (Wildman–Crippen MR) is 167 cm³/mol. The first-order chi connectivity index (χ1) is 20.2. The summed E-state index contributed by atoms with van der Waals surface area (Å²) in [5, 5.41) is 2.81. The maximum atomic E-state index is 14.1. The second-order valence-corrected chi connectivity index (χ2v) is 12.0.